The van der Waals surface area contributed by atoms with Crippen molar-refractivity contribution in [2.45, 2.75) is 25.0 Å². The molecule has 3 aromatic heterocycles. The third-order valence-electron chi connectivity index (χ3n) is 6.78. The molecular weight excluding hydrogens is 449 g/mol. The van der Waals surface area contributed by atoms with Crippen molar-refractivity contribution in [3.63, 3.8) is 0 Å². The SMILES string of the molecule is COC1(c2cc(F)cc(OCc3ccc4c(c3)c(-c3ccoc3)cc3nncn34)c2)CCOCC1. The van der Waals surface area contributed by atoms with Crippen LogP contribution in [0.5, 0.6) is 5.75 Å². The first-order valence-electron chi connectivity index (χ1n) is 11.5. The quantitative estimate of drug-likeness (QED) is 0.324. The van der Waals surface area contributed by atoms with Gasteiger partial charge >= 0.3 is 0 Å². The molecule has 0 atom stereocenters. The number of furan rings is 1. The fraction of sp³-hybridized carbons (Fsp3) is 0.259. The van der Waals surface area contributed by atoms with Crippen molar-refractivity contribution >= 4 is 16.6 Å². The Bertz CT molecular complexity index is 1490. The van der Waals surface area contributed by atoms with E-state index in [4.69, 9.17) is 18.6 Å². The van der Waals surface area contributed by atoms with Gasteiger partial charge < -0.3 is 18.6 Å². The van der Waals surface area contributed by atoms with Crippen LogP contribution in [0.4, 0.5) is 4.39 Å². The minimum absolute atomic E-state index is 0.285. The van der Waals surface area contributed by atoms with E-state index < -0.39 is 5.60 Å². The molecule has 0 spiro atoms. The molecule has 178 valence electrons. The number of nitrogens with zero attached hydrogens (tertiary/aromatic N) is 3. The number of hydrogen-bond acceptors (Lipinski definition) is 6. The number of methoxy groups -OCH3 is 1. The van der Waals surface area contributed by atoms with Crippen molar-refractivity contribution in [2.75, 3.05) is 20.3 Å². The number of hydrogen-bond donors (Lipinski definition) is 0. The predicted molar refractivity (Wildman–Crippen MR) is 128 cm³/mol. The van der Waals surface area contributed by atoms with Crippen LogP contribution in [0.1, 0.15) is 24.0 Å². The van der Waals surface area contributed by atoms with Crippen LogP contribution in [0.2, 0.25) is 0 Å². The van der Waals surface area contributed by atoms with Gasteiger partial charge in [0, 0.05) is 50.2 Å². The Kier molecular flexibility index (Phi) is 5.47. The van der Waals surface area contributed by atoms with E-state index in [1.807, 2.05) is 34.7 Å². The summed E-state index contributed by atoms with van der Waals surface area (Å²) in [5.41, 5.74) is 4.83. The molecule has 2 aromatic carbocycles. The lowest BCUT2D eigenvalue weighted by atomic mass is 9.86. The normalized spacial score (nSPS) is 15.6. The Morgan fingerprint density at radius 3 is 2.77 bits per heavy atom. The smallest absolute Gasteiger partial charge is 0.161 e. The van der Waals surface area contributed by atoms with Crippen LogP contribution in [0.15, 0.2) is 71.8 Å². The second-order valence-corrected chi connectivity index (χ2v) is 8.76. The molecule has 0 amide bonds. The third-order valence-corrected chi connectivity index (χ3v) is 6.78. The average Bonchev–Trinajstić information content (AvgIpc) is 3.59. The van der Waals surface area contributed by atoms with Gasteiger partial charge in [0.1, 0.15) is 24.5 Å². The number of aromatic nitrogens is 3. The summed E-state index contributed by atoms with van der Waals surface area (Å²) >= 11 is 0. The van der Waals surface area contributed by atoms with Crippen LogP contribution in [-0.2, 0) is 21.7 Å². The number of rotatable bonds is 6. The van der Waals surface area contributed by atoms with Gasteiger partial charge in [-0.3, -0.25) is 4.40 Å². The third kappa shape index (κ3) is 3.94. The molecule has 0 unspecified atom stereocenters. The fourth-order valence-corrected chi connectivity index (χ4v) is 4.88. The van der Waals surface area contributed by atoms with E-state index in [1.54, 1.807) is 26.0 Å². The van der Waals surface area contributed by atoms with E-state index in [9.17, 15) is 4.39 Å². The number of halogens is 1. The maximum Gasteiger partial charge on any atom is 0.161 e. The number of pyridine rings is 1. The molecule has 0 radical (unpaired) electrons. The minimum Gasteiger partial charge on any atom is -0.489 e. The van der Waals surface area contributed by atoms with E-state index in [1.165, 1.54) is 12.1 Å². The molecule has 1 aliphatic rings. The summed E-state index contributed by atoms with van der Waals surface area (Å²) in [5.74, 6) is 0.114. The first-order valence-corrected chi connectivity index (χ1v) is 11.5. The van der Waals surface area contributed by atoms with Gasteiger partial charge in [-0.1, -0.05) is 6.07 Å². The maximum atomic E-state index is 14.6. The standard InChI is InChI=1S/C27H24FN3O4/c1-32-27(5-8-33-9-6-27)20-11-21(28)13-22(12-20)35-15-18-2-3-25-24(10-18)23(19-4-7-34-16-19)14-26-30-29-17-31(25)26/h2-4,7,10-14,16-17H,5-6,8-9,15H2,1H3. The van der Waals surface area contributed by atoms with Gasteiger partial charge in [-0.2, -0.15) is 0 Å². The van der Waals surface area contributed by atoms with E-state index in [-0.39, 0.29) is 12.4 Å². The highest BCUT2D eigenvalue weighted by Crippen LogP contribution is 2.38. The van der Waals surface area contributed by atoms with Crippen LogP contribution in [0.25, 0.3) is 27.7 Å². The van der Waals surface area contributed by atoms with Crippen molar-refractivity contribution in [1.82, 2.24) is 14.6 Å². The molecule has 0 aliphatic carbocycles. The highest BCUT2D eigenvalue weighted by Gasteiger charge is 2.35. The highest BCUT2D eigenvalue weighted by molar-refractivity contribution is 5.97. The van der Waals surface area contributed by atoms with Crippen molar-refractivity contribution in [3.8, 4) is 16.9 Å². The Labute approximate surface area is 201 Å². The van der Waals surface area contributed by atoms with Gasteiger partial charge in [0.05, 0.1) is 23.6 Å². The minimum atomic E-state index is -0.564. The second-order valence-electron chi connectivity index (χ2n) is 8.76. The van der Waals surface area contributed by atoms with Crippen molar-refractivity contribution < 1.29 is 23.0 Å². The van der Waals surface area contributed by atoms with Crippen LogP contribution < -0.4 is 4.74 Å². The molecule has 8 heteroatoms. The van der Waals surface area contributed by atoms with Crippen molar-refractivity contribution in [1.29, 1.82) is 0 Å². The molecule has 1 saturated heterocycles. The van der Waals surface area contributed by atoms with Crippen molar-refractivity contribution in [3.05, 3.63) is 84.3 Å². The van der Waals surface area contributed by atoms with Gasteiger partial charge in [-0.25, -0.2) is 4.39 Å². The second kappa shape index (κ2) is 8.79. The topological polar surface area (TPSA) is 71.0 Å². The van der Waals surface area contributed by atoms with Gasteiger partial charge in [0.25, 0.3) is 0 Å². The molecule has 35 heavy (non-hydrogen) atoms. The summed E-state index contributed by atoms with van der Waals surface area (Å²) in [5, 5.41) is 9.27. The first kappa shape index (κ1) is 21.8. The Morgan fingerprint density at radius 1 is 1.09 bits per heavy atom. The molecule has 1 aliphatic heterocycles. The predicted octanol–water partition coefficient (Wildman–Crippen LogP) is 5.51. The molecule has 7 nitrogen and oxygen atoms in total. The van der Waals surface area contributed by atoms with E-state index in [0.29, 0.717) is 31.8 Å². The molecule has 0 bridgehead atoms. The summed E-state index contributed by atoms with van der Waals surface area (Å²) < 4.78 is 39.2. The lowest BCUT2D eigenvalue weighted by Crippen LogP contribution is -2.35. The van der Waals surface area contributed by atoms with Crippen LogP contribution >= 0.6 is 0 Å². The lowest BCUT2D eigenvalue weighted by molar-refractivity contribution is -0.0950. The van der Waals surface area contributed by atoms with Gasteiger partial charge in [0.2, 0.25) is 0 Å². The van der Waals surface area contributed by atoms with E-state index in [0.717, 1.165) is 38.8 Å². The van der Waals surface area contributed by atoms with Crippen LogP contribution in [-0.4, -0.2) is 34.9 Å². The van der Waals surface area contributed by atoms with Crippen LogP contribution in [0, 0.1) is 5.82 Å². The zero-order chi connectivity index (χ0) is 23.8. The van der Waals surface area contributed by atoms with E-state index >= 15 is 0 Å². The maximum absolute atomic E-state index is 14.6. The molecule has 6 rings (SSSR count). The molecule has 0 saturated carbocycles. The molecular formula is C27H24FN3O4. The van der Waals surface area contributed by atoms with Gasteiger partial charge in [-0.15, -0.1) is 10.2 Å². The van der Waals surface area contributed by atoms with E-state index in [2.05, 4.69) is 16.3 Å². The van der Waals surface area contributed by atoms with Gasteiger partial charge in [0.15, 0.2) is 5.65 Å². The van der Waals surface area contributed by atoms with Crippen LogP contribution in [0.3, 0.4) is 0 Å². The Morgan fingerprint density at radius 2 is 1.97 bits per heavy atom. The number of benzene rings is 2. The summed E-state index contributed by atoms with van der Waals surface area (Å²) in [6.45, 7) is 1.44. The van der Waals surface area contributed by atoms with Gasteiger partial charge in [-0.05, 0) is 53.1 Å². The summed E-state index contributed by atoms with van der Waals surface area (Å²) in [6.07, 6.45) is 6.40. The molecule has 5 aromatic rings. The average molecular weight is 474 g/mol. The number of fused-ring (bicyclic) bond motifs is 3. The zero-order valence-corrected chi connectivity index (χ0v) is 19.2. The first-order chi connectivity index (χ1) is 17.1. The molecule has 0 N–H and O–H groups in total. The Balaban J connectivity index is 1.33. The fourth-order valence-electron chi connectivity index (χ4n) is 4.88. The zero-order valence-electron chi connectivity index (χ0n) is 19.2. The largest absolute Gasteiger partial charge is 0.489 e. The summed E-state index contributed by atoms with van der Waals surface area (Å²) in [6, 6.07) is 14.8. The number of ether oxygens (including phenoxy) is 3. The monoisotopic (exact) mass is 473 g/mol. The lowest BCUT2D eigenvalue weighted by Gasteiger charge is -2.36. The highest BCUT2D eigenvalue weighted by atomic mass is 19.1. The van der Waals surface area contributed by atoms with Crippen molar-refractivity contribution in [2.24, 2.45) is 0 Å². The summed E-state index contributed by atoms with van der Waals surface area (Å²) in [7, 11) is 1.66. The Hall–Kier alpha value is -3.75. The molecule has 1 fully saturated rings. The molecule has 4 heterocycles. The summed E-state index contributed by atoms with van der Waals surface area (Å²) in [4.78, 5) is 0.